The molecule has 2 radical (unpaired) electrons. The highest BCUT2D eigenvalue weighted by Crippen LogP contribution is 2.23. The maximum absolute atomic E-state index is 6.02. The number of aryl methyl sites for hydroxylation is 2. The average molecular weight is 260 g/mol. The molecule has 0 unspecified atom stereocenters. The summed E-state index contributed by atoms with van der Waals surface area (Å²) in [5, 5.41) is 2.05. The molecule has 0 aliphatic rings. The molecule has 94 valence electrons. The van der Waals surface area contributed by atoms with Crippen molar-refractivity contribution in [3.05, 3.63) is 35.0 Å². The Balaban J connectivity index is 2.02. The largest absolute Gasteiger partial charge is 0.348 e. The Hall–Kier alpha value is -0.885. The van der Waals surface area contributed by atoms with E-state index >= 15 is 0 Å². The third-order valence-electron chi connectivity index (χ3n) is 3.49. The molecule has 0 bridgehead atoms. The Morgan fingerprint density at radius 1 is 1.11 bits per heavy atom. The molecular weight excluding hydrogens is 240 g/mol. The van der Waals surface area contributed by atoms with Crippen molar-refractivity contribution in [2.45, 2.75) is 38.4 Å². The first-order valence-corrected chi connectivity index (χ1v) is 7.04. The number of hydrogen-bond acceptors (Lipinski definition) is 0. The van der Waals surface area contributed by atoms with E-state index in [9.17, 15) is 0 Å². The molecule has 1 aromatic carbocycles. The minimum Gasteiger partial charge on any atom is -0.348 e. The highest BCUT2D eigenvalue weighted by Gasteiger charge is 2.05. The van der Waals surface area contributed by atoms with Crippen LogP contribution in [0.25, 0.3) is 10.9 Å². The molecule has 0 aliphatic heterocycles. The average Bonchev–Trinajstić information content (AvgIpc) is 2.65. The van der Waals surface area contributed by atoms with Gasteiger partial charge in [0.25, 0.3) is 0 Å². The van der Waals surface area contributed by atoms with E-state index in [0.29, 0.717) is 0 Å². The van der Waals surface area contributed by atoms with Crippen LogP contribution in [0, 0.1) is 0 Å². The molecule has 1 nitrogen and oxygen atoms in total. The number of nitrogens with zero attached hydrogens (tertiary/aromatic N) is 1. The lowest BCUT2D eigenvalue weighted by Crippen LogP contribution is -1.96. The second-order valence-corrected chi connectivity index (χ2v) is 5.29. The molecular formula is C15H19BClN. The van der Waals surface area contributed by atoms with E-state index in [1.165, 1.54) is 35.9 Å². The summed E-state index contributed by atoms with van der Waals surface area (Å²) >= 11 is 6.02. The van der Waals surface area contributed by atoms with Gasteiger partial charge in [0, 0.05) is 28.7 Å². The van der Waals surface area contributed by atoms with Crippen LogP contribution in [0.3, 0.4) is 0 Å². The minimum absolute atomic E-state index is 0.808. The molecule has 0 saturated heterocycles. The van der Waals surface area contributed by atoms with Crippen LogP contribution in [0.1, 0.15) is 31.4 Å². The van der Waals surface area contributed by atoms with Gasteiger partial charge in [0.15, 0.2) is 0 Å². The van der Waals surface area contributed by atoms with Crippen molar-refractivity contribution in [1.29, 1.82) is 0 Å². The summed E-state index contributed by atoms with van der Waals surface area (Å²) in [6, 6.07) is 8.34. The fourth-order valence-corrected chi connectivity index (χ4v) is 2.60. The van der Waals surface area contributed by atoms with E-state index in [4.69, 9.17) is 19.4 Å². The molecule has 0 aliphatic carbocycles. The normalized spacial score (nSPS) is 11.2. The second kappa shape index (κ2) is 6.33. The van der Waals surface area contributed by atoms with Gasteiger partial charge < -0.3 is 4.57 Å². The van der Waals surface area contributed by atoms with Crippen LogP contribution in [-0.2, 0) is 13.5 Å². The van der Waals surface area contributed by atoms with Crippen molar-refractivity contribution in [3.8, 4) is 0 Å². The summed E-state index contributed by atoms with van der Waals surface area (Å²) in [7, 11) is 7.62. The second-order valence-electron chi connectivity index (χ2n) is 4.85. The Morgan fingerprint density at radius 3 is 2.67 bits per heavy atom. The van der Waals surface area contributed by atoms with E-state index in [1.807, 2.05) is 12.1 Å². The van der Waals surface area contributed by atoms with Crippen LogP contribution in [0.5, 0.6) is 0 Å². The molecule has 3 heteroatoms. The van der Waals surface area contributed by atoms with Crippen molar-refractivity contribution < 1.29 is 0 Å². The Morgan fingerprint density at radius 2 is 1.89 bits per heavy atom. The number of rotatable bonds is 6. The lowest BCUT2D eigenvalue weighted by atomic mass is 9.98. The fraction of sp³-hybridized carbons (Fsp3) is 0.467. The molecule has 0 amide bonds. The van der Waals surface area contributed by atoms with E-state index in [2.05, 4.69) is 23.7 Å². The van der Waals surface area contributed by atoms with Gasteiger partial charge in [-0.25, -0.2) is 0 Å². The summed E-state index contributed by atoms with van der Waals surface area (Å²) in [6.45, 7) is 0. The Kier molecular flexibility index (Phi) is 4.76. The van der Waals surface area contributed by atoms with Gasteiger partial charge in [0.05, 0.1) is 7.85 Å². The number of hydrogen-bond donors (Lipinski definition) is 0. The topological polar surface area (TPSA) is 4.93 Å². The van der Waals surface area contributed by atoms with Crippen molar-refractivity contribution >= 4 is 30.4 Å². The first kappa shape index (κ1) is 13.5. The third kappa shape index (κ3) is 3.11. The van der Waals surface area contributed by atoms with Gasteiger partial charge in [-0.3, -0.25) is 0 Å². The van der Waals surface area contributed by atoms with Crippen molar-refractivity contribution in [1.82, 2.24) is 4.57 Å². The third-order valence-corrected chi connectivity index (χ3v) is 3.73. The Bertz CT molecular complexity index is 518. The molecule has 1 heterocycles. The first-order valence-electron chi connectivity index (χ1n) is 6.66. The highest BCUT2D eigenvalue weighted by molar-refractivity contribution is 6.31. The number of unbranched alkanes of at least 4 members (excludes halogenated alkanes) is 3. The lowest BCUT2D eigenvalue weighted by Gasteiger charge is -2.04. The molecule has 0 saturated carbocycles. The van der Waals surface area contributed by atoms with Crippen LogP contribution < -0.4 is 0 Å². The predicted molar refractivity (Wildman–Crippen MR) is 80.7 cm³/mol. The maximum atomic E-state index is 6.02. The van der Waals surface area contributed by atoms with E-state index in [0.717, 1.165) is 24.2 Å². The molecule has 0 atom stereocenters. The zero-order valence-electron chi connectivity index (χ0n) is 11.0. The summed E-state index contributed by atoms with van der Waals surface area (Å²) in [5.74, 6) is 0. The van der Waals surface area contributed by atoms with Crippen LogP contribution in [0.15, 0.2) is 24.3 Å². The molecule has 1 aromatic heterocycles. The number of fused-ring (bicyclic) bond motifs is 1. The molecule has 0 fully saturated rings. The van der Waals surface area contributed by atoms with Crippen LogP contribution >= 0.6 is 11.6 Å². The zero-order chi connectivity index (χ0) is 13.0. The van der Waals surface area contributed by atoms with Gasteiger partial charge in [0.1, 0.15) is 0 Å². The van der Waals surface area contributed by atoms with Gasteiger partial charge in [-0.1, -0.05) is 37.2 Å². The van der Waals surface area contributed by atoms with Crippen LogP contribution in [0.4, 0.5) is 0 Å². The van der Waals surface area contributed by atoms with E-state index in [-0.39, 0.29) is 0 Å². The highest BCUT2D eigenvalue weighted by atomic mass is 35.5. The van der Waals surface area contributed by atoms with Gasteiger partial charge in [-0.05, 0) is 37.1 Å². The van der Waals surface area contributed by atoms with E-state index in [1.54, 1.807) is 0 Å². The van der Waals surface area contributed by atoms with Gasteiger partial charge in [0.2, 0.25) is 0 Å². The first-order chi connectivity index (χ1) is 8.72. The summed E-state index contributed by atoms with van der Waals surface area (Å²) < 4.78 is 2.27. The van der Waals surface area contributed by atoms with Crippen LogP contribution in [0.2, 0.25) is 11.3 Å². The molecule has 0 N–H and O–H groups in total. The SMILES string of the molecule is [B]CCCCCCc1cc2cc(Cl)ccc2n1C. The monoisotopic (exact) mass is 259 g/mol. The smallest absolute Gasteiger partial charge is 0.0653 e. The molecule has 2 rings (SSSR count). The van der Waals surface area contributed by atoms with Crippen molar-refractivity contribution in [3.63, 3.8) is 0 Å². The Labute approximate surface area is 116 Å². The van der Waals surface area contributed by atoms with Crippen molar-refractivity contribution in [2.24, 2.45) is 7.05 Å². The quantitative estimate of drug-likeness (QED) is 0.531. The minimum atomic E-state index is 0.808. The maximum Gasteiger partial charge on any atom is 0.0653 e. The molecule has 18 heavy (non-hydrogen) atoms. The van der Waals surface area contributed by atoms with Gasteiger partial charge >= 0.3 is 0 Å². The van der Waals surface area contributed by atoms with Crippen LogP contribution in [-0.4, -0.2) is 12.4 Å². The summed E-state index contributed by atoms with van der Waals surface area (Å²) in [5.41, 5.74) is 2.65. The summed E-state index contributed by atoms with van der Waals surface area (Å²) in [4.78, 5) is 0. The number of benzene rings is 1. The summed E-state index contributed by atoms with van der Waals surface area (Å²) in [6.07, 6.45) is 6.83. The fourth-order valence-electron chi connectivity index (χ4n) is 2.42. The molecule has 2 aromatic rings. The van der Waals surface area contributed by atoms with Gasteiger partial charge in [-0.2, -0.15) is 0 Å². The number of aromatic nitrogens is 1. The van der Waals surface area contributed by atoms with Crippen molar-refractivity contribution in [2.75, 3.05) is 0 Å². The van der Waals surface area contributed by atoms with E-state index < -0.39 is 0 Å². The lowest BCUT2D eigenvalue weighted by molar-refractivity contribution is 0.651. The zero-order valence-corrected chi connectivity index (χ0v) is 11.7. The standard InChI is InChI=1S/C15H19BClN/c1-18-14(6-4-2-3-5-9-16)11-12-10-13(17)7-8-15(12)18/h7-8,10-11H,2-6,9H2,1H3. The van der Waals surface area contributed by atoms with Gasteiger partial charge in [-0.15, -0.1) is 0 Å². The molecule has 0 spiro atoms. The predicted octanol–water partition coefficient (Wildman–Crippen LogP) is 4.52. The number of halogens is 1.